The van der Waals surface area contributed by atoms with Crippen LogP contribution in [0.15, 0.2) is 85.0 Å². The second-order valence-electron chi connectivity index (χ2n) is 9.24. The Bertz CT molecular complexity index is 1410. The largest absolute Gasteiger partial charge is 0.491 e. The van der Waals surface area contributed by atoms with Crippen LogP contribution in [0.5, 0.6) is 5.75 Å². The molecule has 2 amide bonds. The SMILES string of the molecule is CC(C)Oc1ccc(/C(=C/C=C/C(=O)Nc2cccc3c2C[C@@H](O)C(=O)N3)c2ccc(C(F)(F)F)cc2)cc1. The molecule has 0 radical (unpaired) electrons. The number of amides is 2. The molecule has 3 N–H and O–H groups in total. The number of aliphatic hydroxyl groups is 1. The number of carbonyl (C=O) groups is 2. The van der Waals surface area contributed by atoms with E-state index in [0.717, 1.165) is 17.7 Å². The smallest absolute Gasteiger partial charge is 0.416 e. The summed E-state index contributed by atoms with van der Waals surface area (Å²) >= 11 is 0. The molecule has 1 aliphatic heterocycles. The van der Waals surface area contributed by atoms with Gasteiger partial charge in [-0.05, 0) is 66.9 Å². The number of nitrogens with one attached hydrogen (secondary N) is 2. The Kier molecular flexibility index (Phi) is 8.21. The Hall–Kier alpha value is -4.37. The molecular formula is C30H27F3N2O4. The minimum atomic E-state index is -4.45. The highest BCUT2D eigenvalue weighted by molar-refractivity contribution is 6.03. The van der Waals surface area contributed by atoms with E-state index in [1.807, 2.05) is 13.8 Å². The highest BCUT2D eigenvalue weighted by Crippen LogP contribution is 2.32. The van der Waals surface area contributed by atoms with Gasteiger partial charge in [0.15, 0.2) is 0 Å². The number of fused-ring (bicyclic) bond motifs is 1. The zero-order valence-electron chi connectivity index (χ0n) is 21.3. The Morgan fingerprint density at radius 3 is 2.31 bits per heavy atom. The molecule has 1 aliphatic rings. The standard InChI is InChI=1S/C30H27F3N2O4/c1-18(2)39-22-15-11-20(12-16-22)23(19-9-13-21(14-10-19)30(31,32)33)5-3-8-28(37)34-25-6-4-7-26-24(25)17-27(36)29(38)35-26/h3-16,18,27,36H,17H2,1-2H3,(H,34,37)(H,35,38)/b8-3+,23-5+/t27-/m1/s1. The van der Waals surface area contributed by atoms with Gasteiger partial charge in [0.05, 0.1) is 11.7 Å². The van der Waals surface area contributed by atoms with Crippen LogP contribution in [0.3, 0.4) is 0 Å². The first kappa shape index (κ1) is 27.7. The van der Waals surface area contributed by atoms with Crippen molar-refractivity contribution in [2.24, 2.45) is 0 Å². The molecule has 0 aromatic heterocycles. The molecule has 0 saturated carbocycles. The van der Waals surface area contributed by atoms with Gasteiger partial charge in [0.1, 0.15) is 11.9 Å². The van der Waals surface area contributed by atoms with Crippen LogP contribution >= 0.6 is 0 Å². The van der Waals surface area contributed by atoms with Crippen molar-refractivity contribution >= 4 is 28.8 Å². The molecule has 0 fully saturated rings. The maximum atomic E-state index is 13.1. The van der Waals surface area contributed by atoms with Gasteiger partial charge in [0.25, 0.3) is 5.91 Å². The third-order valence-corrected chi connectivity index (χ3v) is 5.96. The molecule has 4 rings (SSSR count). The van der Waals surface area contributed by atoms with E-state index in [1.54, 1.807) is 48.5 Å². The molecular weight excluding hydrogens is 509 g/mol. The van der Waals surface area contributed by atoms with Crippen molar-refractivity contribution in [1.82, 2.24) is 0 Å². The van der Waals surface area contributed by atoms with Gasteiger partial charge in [-0.2, -0.15) is 13.2 Å². The van der Waals surface area contributed by atoms with Crippen LogP contribution in [0.2, 0.25) is 0 Å². The summed E-state index contributed by atoms with van der Waals surface area (Å²) in [6, 6.07) is 17.0. The maximum Gasteiger partial charge on any atom is 0.416 e. The van der Waals surface area contributed by atoms with Gasteiger partial charge in [-0.25, -0.2) is 0 Å². The monoisotopic (exact) mass is 536 g/mol. The fourth-order valence-corrected chi connectivity index (χ4v) is 4.13. The van der Waals surface area contributed by atoms with Gasteiger partial charge in [-0.15, -0.1) is 0 Å². The minimum absolute atomic E-state index is 0.0167. The van der Waals surface area contributed by atoms with E-state index in [4.69, 9.17) is 4.74 Å². The van der Waals surface area contributed by atoms with Crippen LogP contribution < -0.4 is 15.4 Å². The quantitative estimate of drug-likeness (QED) is 0.256. The van der Waals surface area contributed by atoms with Crippen molar-refractivity contribution in [1.29, 1.82) is 0 Å². The predicted octanol–water partition coefficient (Wildman–Crippen LogP) is 5.97. The molecule has 39 heavy (non-hydrogen) atoms. The summed E-state index contributed by atoms with van der Waals surface area (Å²) in [6.45, 7) is 3.81. The lowest BCUT2D eigenvalue weighted by Crippen LogP contribution is -2.34. The number of hydrogen-bond donors (Lipinski definition) is 3. The minimum Gasteiger partial charge on any atom is -0.491 e. The molecule has 202 valence electrons. The molecule has 1 atom stereocenters. The summed E-state index contributed by atoms with van der Waals surface area (Å²) in [7, 11) is 0. The number of carbonyl (C=O) groups excluding carboxylic acids is 2. The summed E-state index contributed by atoms with van der Waals surface area (Å²) < 4.78 is 44.9. The molecule has 0 spiro atoms. The normalized spacial score (nSPS) is 15.7. The van der Waals surface area contributed by atoms with Gasteiger partial charge in [-0.3, -0.25) is 9.59 Å². The third-order valence-electron chi connectivity index (χ3n) is 5.96. The van der Waals surface area contributed by atoms with E-state index in [1.165, 1.54) is 24.3 Å². The predicted molar refractivity (Wildman–Crippen MR) is 143 cm³/mol. The molecule has 0 bridgehead atoms. The van der Waals surface area contributed by atoms with Gasteiger partial charge < -0.3 is 20.5 Å². The second-order valence-corrected chi connectivity index (χ2v) is 9.24. The van der Waals surface area contributed by atoms with Crippen LogP contribution in [-0.2, 0) is 22.2 Å². The van der Waals surface area contributed by atoms with E-state index in [9.17, 15) is 27.9 Å². The molecule has 3 aromatic carbocycles. The summed E-state index contributed by atoms with van der Waals surface area (Å²) in [5.74, 6) is -0.308. The van der Waals surface area contributed by atoms with Crippen LogP contribution in [0.25, 0.3) is 5.57 Å². The number of hydrogen-bond acceptors (Lipinski definition) is 4. The summed E-state index contributed by atoms with van der Waals surface area (Å²) in [5.41, 5.74) is 2.68. The number of ether oxygens (including phenoxy) is 1. The Morgan fingerprint density at radius 2 is 1.69 bits per heavy atom. The lowest BCUT2D eigenvalue weighted by Gasteiger charge is -2.23. The first-order valence-electron chi connectivity index (χ1n) is 12.3. The highest BCUT2D eigenvalue weighted by atomic mass is 19.4. The van der Waals surface area contributed by atoms with Gasteiger partial charge in [0.2, 0.25) is 5.91 Å². The maximum absolute atomic E-state index is 13.1. The molecule has 0 unspecified atom stereocenters. The van der Waals surface area contributed by atoms with Crippen LogP contribution in [-0.4, -0.2) is 29.1 Å². The molecule has 9 heteroatoms. The molecule has 1 heterocycles. The molecule has 3 aromatic rings. The number of aliphatic hydroxyl groups excluding tert-OH is 1. The average Bonchev–Trinajstić information content (AvgIpc) is 2.88. The first-order chi connectivity index (χ1) is 18.5. The Balaban J connectivity index is 1.59. The number of anilines is 2. The van der Waals surface area contributed by atoms with Gasteiger partial charge in [0, 0.05) is 29.4 Å². The molecule has 0 aliphatic carbocycles. The number of benzene rings is 3. The van der Waals surface area contributed by atoms with E-state index in [-0.39, 0.29) is 12.5 Å². The fourth-order valence-electron chi connectivity index (χ4n) is 4.13. The van der Waals surface area contributed by atoms with E-state index in [0.29, 0.717) is 33.8 Å². The Labute approximate surface area is 223 Å². The lowest BCUT2D eigenvalue weighted by atomic mass is 9.96. The van der Waals surface area contributed by atoms with Crippen molar-refractivity contribution in [3.63, 3.8) is 0 Å². The summed E-state index contributed by atoms with van der Waals surface area (Å²) in [6.07, 6.45) is -1.17. The van der Waals surface area contributed by atoms with Crippen LogP contribution in [0, 0.1) is 0 Å². The highest BCUT2D eigenvalue weighted by Gasteiger charge is 2.30. The third kappa shape index (κ3) is 6.94. The van der Waals surface area contributed by atoms with Crippen molar-refractivity contribution < 1.29 is 32.6 Å². The van der Waals surface area contributed by atoms with E-state index >= 15 is 0 Å². The Morgan fingerprint density at radius 1 is 1.05 bits per heavy atom. The average molecular weight is 537 g/mol. The zero-order valence-corrected chi connectivity index (χ0v) is 21.3. The second kappa shape index (κ2) is 11.6. The van der Waals surface area contributed by atoms with Gasteiger partial charge in [-0.1, -0.05) is 42.5 Å². The summed E-state index contributed by atoms with van der Waals surface area (Å²) in [5, 5.41) is 15.3. The zero-order chi connectivity index (χ0) is 28.2. The molecule has 0 saturated heterocycles. The summed E-state index contributed by atoms with van der Waals surface area (Å²) in [4.78, 5) is 24.4. The van der Waals surface area contributed by atoms with Crippen molar-refractivity contribution in [2.75, 3.05) is 10.6 Å². The first-order valence-corrected chi connectivity index (χ1v) is 12.3. The number of rotatable bonds is 7. The topological polar surface area (TPSA) is 87.7 Å². The number of halogens is 3. The van der Waals surface area contributed by atoms with Gasteiger partial charge >= 0.3 is 6.18 Å². The molecule has 6 nitrogen and oxygen atoms in total. The van der Waals surface area contributed by atoms with E-state index < -0.39 is 29.7 Å². The lowest BCUT2D eigenvalue weighted by molar-refractivity contribution is -0.137. The number of alkyl halides is 3. The van der Waals surface area contributed by atoms with Crippen LogP contribution in [0.4, 0.5) is 24.5 Å². The number of allylic oxidation sites excluding steroid dienone is 2. The van der Waals surface area contributed by atoms with Crippen molar-refractivity contribution in [3.8, 4) is 5.75 Å². The van der Waals surface area contributed by atoms with Crippen LogP contribution in [0.1, 0.15) is 36.1 Å². The fraction of sp³-hybridized carbons (Fsp3) is 0.200. The van der Waals surface area contributed by atoms with Crippen molar-refractivity contribution in [3.05, 3.63) is 107 Å². The van der Waals surface area contributed by atoms with Crippen molar-refractivity contribution in [2.45, 2.75) is 38.7 Å². The van der Waals surface area contributed by atoms with E-state index in [2.05, 4.69) is 10.6 Å².